The monoisotopic (exact) mass is 906 g/mol. The van der Waals surface area contributed by atoms with Crippen molar-refractivity contribution in [2.45, 2.75) is 38.5 Å². The first-order valence-corrected chi connectivity index (χ1v) is 25.3. The lowest BCUT2D eigenvalue weighted by Gasteiger charge is -2.28. The average Bonchev–Trinajstić information content (AvgIpc) is 4.04. The van der Waals surface area contributed by atoms with Crippen LogP contribution in [0.1, 0.15) is 49.9 Å². The predicted molar refractivity (Wildman–Crippen MR) is 294 cm³/mol. The smallest absolute Gasteiger partial charge is 0.0476 e. The Labute approximate surface area is 404 Å². The lowest BCUT2D eigenvalue weighted by atomic mass is 9.82. The second-order valence-corrected chi connectivity index (χ2v) is 21.9. The number of nitrogens with zero attached hydrogens (tertiary/aromatic N) is 2. The molecule has 12 aromatic rings. The van der Waals surface area contributed by atoms with Crippen molar-refractivity contribution in [2.75, 3.05) is 9.80 Å². The molecule has 0 atom stereocenters. The summed E-state index contributed by atoms with van der Waals surface area (Å²) in [5.41, 5.74) is 17.7. The van der Waals surface area contributed by atoms with Crippen LogP contribution in [0.4, 0.5) is 34.1 Å². The minimum absolute atomic E-state index is 0.0794. The van der Waals surface area contributed by atoms with E-state index in [4.69, 9.17) is 0 Å². The Morgan fingerprint density at radius 1 is 0.279 bits per heavy atom. The first-order chi connectivity index (χ1) is 33.2. The predicted octanol–water partition coefficient (Wildman–Crippen LogP) is 19.1. The van der Waals surface area contributed by atoms with E-state index in [1.807, 2.05) is 22.7 Å². The zero-order valence-electron chi connectivity index (χ0n) is 38.3. The van der Waals surface area contributed by atoms with Gasteiger partial charge in [0.25, 0.3) is 0 Å². The summed E-state index contributed by atoms with van der Waals surface area (Å²) in [7, 11) is 0. The summed E-state index contributed by atoms with van der Waals surface area (Å²) in [5, 5.41) is 7.78. The Hall–Kier alpha value is -7.50. The lowest BCUT2D eigenvalue weighted by Crippen LogP contribution is -2.16. The molecule has 0 bridgehead atoms. The maximum absolute atomic E-state index is 2.43. The summed E-state index contributed by atoms with van der Waals surface area (Å²) in [5.74, 6) is 0. The van der Waals surface area contributed by atoms with Crippen molar-refractivity contribution in [3.05, 3.63) is 229 Å². The maximum atomic E-state index is 2.43. The third kappa shape index (κ3) is 5.81. The molecule has 0 saturated heterocycles. The lowest BCUT2D eigenvalue weighted by molar-refractivity contribution is 0.660. The highest BCUT2D eigenvalue weighted by molar-refractivity contribution is 7.26. The number of para-hydroxylation sites is 2. The number of anilines is 6. The minimum atomic E-state index is -0.0794. The zero-order valence-corrected chi connectivity index (χ0v) is 40.0. The molecule has 0 N–H and O–H groups in total. The van der Waals surface area contributed by atoms with Gasteiger partial charge in [0.2, 0.25) is 0 Å². The van der Waals surface area contributed by atoms with Crippen LogP contribution in [0.15, 0.2) is 206 Å². The fraction of sp³-hybridized carbons (Fsp3) is 0.0938. The highest BCUT2D eigenvalue weighted by atomic mass is 32.1. The van der Waals surface area contributed by atoms with E-state index >= 15 is 0 Å². The number of rotatable bonds is 6. The summed E-state index contributed by atoms with van der Waals surface area (Å²) in [6, 6.07) is 77.4. The van der Waals surface area contributed by atoms with E-state index in [1.165, 1.54) is 107 Å². The highest BCUT2D eigenvalue weighted by Crippen LogP contribution is 2.53. The van der Waals surface area contributed by atoms with Crippen LogP contribution in [0.5, 0.6) is 0 Å². The zero-order chi connectivity index (χ0) is 45.5. The van der Waals surface area contributed by atoms with Gasteiger partial charge < -0.3 is 9.80 Å². The molecule has 14 rings (SSSR count). The summed E-state index contributed by atoms with van der Waals surface area (Å²) >= 11 is 3.79. The summed E-state index contributed by atoms with van der Waals surface area (Å²) < 4.78 is 5.22. The van der Waals surface area contributed by atoms with E-state index in [-0.39, 0.29) is 10.8 Å². The molecule has 2 aromatic heterocycles. The van der Waals surface area contributed by atoms with E-state index in [9.17, 15) is 0 Å². The molecule has 0 spiro atoms. The number of thiophene rings is 2. The molecule has 2 aliphatic rings. The molecule has 0 radical (unpaired) electrons. The van der Waals surface area contributed by atoms with Crippen LogP contribution in [0.3, 0.4) is 0 Å². The van der Waals surface area contributed by atoms with E-state index in [1.54, 1.807) is 0 Å². The summed E-state index contributed by atoms with van der Waals surface area (Å²) in [4.78, 5) is 4.85. The van der Waals surface area contributed by atoms with Gasteiger partial charge in [0.15, 0.2) is 0 Å². The van der Waals surface area contributed by atoms with Crippen LogP contribution in [0.2, 0.25) is 0 Å². The standard InChI is InChI=1S/C64H46N2S2/c1-63(2)55-21-13-11-19-47(55)49-27-23-43(35-57(49)63)65(41-15-7-5-8-16-41)45-25-29-51-53-31-39-32-54-52-30-26-46(38-62(52)68-60(54)34-40(39)33-59(53)67-61(51)37-45)66(42-17-9-6-10-18-42)44-24-28-50-48-20-12-14-22-56(48)64(3,4)58(50)36-44/h5-38H,1-4H3. The van der Waals surface area contributed by atoms with Gasteiger partial charge in [-0.2, -0.15) is 0 Å². The molecule has 0 amide bonds. The van der Waals surface area contributed by atoms with Crippen LogP contribution in [0, 0.1) is 0 Å². The van der Waals surface area contributed by atoms with Crippen molar-refractivity contribution in [3.63, 3.8) is 0 Å². The number of hydrogen-bond donors (Lipinski definition) is 0. The molecule has 0 fully saturated rings. The Kier molecular flexibility index (Phi) is 8.45. The van der Waals surface area contributed by atoms with E-state index in [2.05, 4.69) is 244 Å². The fourth-order valence-electron chi connectivity index (χ4n) is 11.8. The average molecular weight is 907 g/mol. The second kappa shape index (κ2) is 14.5. The van der Waals surface area contributed by atoms with Gasteiger partial charge in [0.05, 0.1) is 0 Å². The third-order valence-corrected chi connectivity index (χ3v) is 17.4. The van der Waals surface area contributed by atoms with Gasteiger partial charge in [-0.15, -0.1) is 22.7 Å². The SMILES string of the molecule is CC1(C)c2ccccc2-c2ccc(N(c3ccccc3)c3ccc4c(c3)sc3cc5cc6sc7cc(N(c8ccccc8)c8ccc9c(c8)C(C)(C)c8ccccc8-9)ccc7c6cc5cc34)cc21. The van der Waals surface area contributed by atoms with Gasteiger partial charge in [-0.1, -0.05) is 137 Å². The first-order valence-electron chi connectivity index (χ1n) is 23.6. The minimum Gasteiger partial charge on any atom is -0.310 e. The second-order valence-electron chi connectivity index (χ2n) is 19.8. The Morgan fingerprint density at radius 3 is 1.09 bits per heavy atom. The molecule has 2 nitrogen and oxygen atoms in total. The molecule has 2 aliphatic carbocycles. The van der Waals surface area contributed by atoms with Gasteiger partial charge in [-0.3, -0.25) is 0 Å². The fourth-order valence-corrected chi connectivity index (χ4v) is 14.1. The Balaban J connectivity index is 0.847. The summed E-state index contributed by atoms with van der Waals surface area (Å²) in [6.45, 7) is 9.44. The van der Waals surface area contributed by atoms with E-state index < -0.39 is 0 Å². The largest absolute Gasteiger partial charge is 0.310 e. The van der Waals surface area contributed by atoms with Crippen molar-refractivity contribution in [1.82, 2.24) is 0 Å². The van der Waals surface area contributed by atoms with Crippen LogP contribution in [-0.2, 0) is 10.8 Å². The number of benzene rings is 10. The number of fused-ring (bicyclic) bond motifs is 13. The van der Waals surface area contributed by atoms with Crippen molar-refractivity contribution in [2.24, 2.45) is 0 Å². The van der Waals surface area contributed by atoms with Gasteiger partial charge in [0, 0.05) is 85.3 Å². The van der Waals surface area contributed by atoms with Crippen LogP contribution in [0.25, 0.3) is 73.4 Å². The van der Waals surface area contributed by atoms with Crippen molar-refractivity contribution in [3.8, 4) is 22.3 Å². The molecule has 10 aromatic carbocycles. The van der Waals surface area contributed by atoms with Crippen molar-refractivity contribution < 1.29 is 0 Å². The third-order valence-electron chi connectivity index (χ3n) is 15.2. The quantitative estimate of drug-likeness (QED) is 0.164. The molecule has 4 heteroatoms. The van der Waals surface area contributed by atoms with Gasteiger partial charge in [-0.05, 0) is 152 Å². The molecule has 2 heterocycles. The molecule has 68 heavy (non-hydrogen) atoms. The molecular weight excluding hydrogens is 861 g/mol. The van der Waals surface area contributed by atoms with Crippen molar-refractivity contribution in [1.29, 1.82) is 0 Å². The Morgan fingerprint density at radius 2 is 0.632 bits per heavy atom. The molecule has 0 aliphatic heterocycles. The topological polar surface area (TPSA) is 6.48 Å². The van der Waals surface area contributed by atoms with Crippen LogP contribution >= 0.6 is 22.7 Å². The number of hydrogen-bond acceptors (Lipinski definition) is 4. The highest BCUT2D eigenvalue weighted by Gasteiger charge is 2.37. The van der Waals surface area contributed by atoms with Gasteiger partial charge >= 0.3 is 0 Å². The maximum Gasteiger partial charge on any atom is 0.0476 e. The van der Waals surface area contributed by atoms with Gasteiger partial charge in [-0.25, -0.2) is 0 Å². The van der Waals surface area contributed by atoms with E-state index in [0.29, 0.717) is 0 Å². The van der Waals surface area contributed by atoms with Crippen molar-refractivity contribution >= 4 is 108 Å². The van der Waals surface area contributed by atoms with E-state index in [0.717, 1.165) is 22.7 Å². The molecular formula is C64H46N2S2. The molecule has 0 unspecified atom stereocenters. The van der Waals surface area contributed by atoms with Crippen LogP contribution < -0.4 is 9.80 Å². The summed E-state index contributed by atoms with van der Waals surface area (Å²) in [6.07, 6.45) is 0. The normalized spacial score (nSPS) is 14.1. The first kappa shape index (κ1) is 39.6. The molecule has 0 saturated carbocycles. The molecule has 324 valence electrons. The Bertz CT molecular complexity index is 3780. The van der Waals surface area contributed by atoms with Crippen LogP contribution in [-0.4, -0.2) is 0 Å². The van der Waals surface area contributed by atoms with Gasteiger partial charge in [0.1, 0.15) is 0 Å².